The van der Waals surface area contributed by atoms with Gasteiger partial charge in [-0.3, -0.25) is 0 Å². The van der Waals surface area contributed by atoms with E-state index in [9.17, 15) is 0 Å². The fraction of sp³-hybridized carbons (Fsp3) is 0.133. The van der Waals surface area contributed by atoms with Gasteiger partial charge in [0.15, 0.2) is 10.5 Å². The molecule has 0 atom stereocenters. The summed E-state index contributed by atoms with van der Waals surface area (Å²) < 4.78 is 7.75. The van der Waals surface area contributed by atoms with Gasteiger partial charge < -0.3 is 4.42 Å². The Kier molecular flexibility index (Phi) is 5.20. The Morgan fingerprint density at radius 3 is 2.74 bits per heavy atom. The van der Waals surface area contributed by atoms with Gasteiger partial charge in [-0.05, 0) is 52.7 Å². The van der Waals surface area contributed by atoms with E-state index < -0.39 is 0 Å². The number of benzene rings is 1. The lowest BCUT2D eigenvalue weighted by atomic mass is 10.2. The van der Waals surface area contributed by atoms with E-state index in [1.165, 1.54) is 0 Å². The van der Waals surface area contributed by atoms with E-state index in [1.807, 2.05) is 43.3 Å². The lowest BCUT2D eigenvalue weighted by molar-refractivity contribution is 0.533. The van der Waals surface area contributed by atoms with Gasteiger partial charge in [0.05, 0.1) is 6.21 Å². The highest BCUT2D eigenvalue weighted by molar-refractivity contribution is 9.10. The van der Waals surface area contributed by atoms with E-state index in [0.717, 1.165) is 21.5 Å². The molecule has 3 aromatic rings. The number of aromatic nitrogens is 3. The SMILES string of the molecule is Cc1nnc(SCc2ccc(Cl)cc2)n1/N=C/c1ccc(Br)o1. The van der Waals surface area contributed by atoms with Crippen LogP contribution in [0.15, 0.2) is 55.7 Å². The molecule has 3 rings (SSSR count). The minimum atomic E-state index is 0.652. The van der Waals surface area contributed by atoms with E-state index in [0.29, 0.717) is 16.3 Å². The molecule has 0 saturated heterocycles. The molecular formula is C15H12BrClN4OS. The van der Waals surface area contributed by atoms with Crippen LogP contribution in [-0.4, -0.2) is 21.1 Å². The molecule has 0 aliphatic carbocycles. The first-order valence-electron chi connectivity index (χ1n) is 6.71. The highest BCUT2D eigenvalue weighted by atomic mass is 79.9. The van der Waals surface area contributed by atoms with Gasteiger partial charge in [0.2, 0.25) is 5.16 Å². The molecule has 0 radical (unpaired) electrons. The molecule has 0 aliphatic heterocycles. The van der Waals surface area contributed by atoms with Crippen molar-refractivity contribution in [3.8, 4) is 0 Å². The second-order valence-corrected chi connectivity index (χ2v) is 6.80. The monoisotopic (exact) mass is 410 g/mol. The van der Waals surface area contributed by atoms with Crippen molar-refractivity contribution in [2.75, 3.05) is 0 Å². The highest BCUT2D eigenvalue weighted by Crippen LogP contribution is 2.23. The zero-order valence-electron chi connectivity index (χ0n) is 12.1. The van der Waals surface area contributed by atoms with Crippen molar-refractivity contribution in [3.05, 3.63) is 63.2 Å². The first-order chi connectivity index (χ1) is 11.1. The quantitative estimate of drug-likeness (QED) is 0.448. The molecule has 1 aromatic carbocycles. The number of rotatable bonds is 5. The van der Waals surface area contributed by atoms with Crippen LogP contribution in [0.1, 0.15) is 17.1 Å². The number of thioether (sulfide) groups is 1. The van der Waals surface area contributed by atoms with Crippen molar-refractivity contribution in [3.63, 3.8) is 0 Å². The van der Waals surface area contributed by atoms with Crippen LogP contribution in [0.4, 0.5) is 0 Å². The summed E-state index contributed by atoms with van der Waals surface area (Å²) >= 11 is 10.7. The summed E-state index contributed by atoms with van der Waals surface area (Å²) in [5, 5.41) is 14.1. The molecule has 2 heterocycles. The molecular weight excluding hydrogens is 400 g/mol. The standard InChI is InChI=1S/C15H12BrClN4OS/c1-10-19-20-15(23-9-11-2-4-12(17)5-3-11)21(10)18-8-13-6-7-14(16)22-13/h2-8H,9H2,1H3/b18-8+. The summed E-state index contributed by atoms with van der Waals surface area (Å²) in [6.07, 6.45) is 1.63. The minimum absolute atomic E-state index is 0.652. The second-order valence-electron chi connectivity index (χ2n) is 4.64. The summed E-state index contributed by atoms with van der Waals surface area (Å²) in [4.78, 5) is 0. The van der Waals surface area contributed by atoms with E-state index in [2.05, 4.69) is 31.2 Å². The topological polar surface area (TPSA) is 56.2 Å². The van der Waals surface area contributed by atoms with Crippen LogP contribution in [-0.2, 0) is 5.75 Å². The third-order valence-electron chi connectivity index (χ3n) is 2.94. The number of aryl methyl sites for hydroxylation is 1. The maximum atomic E-state index is 5.89. The average Bonchev–Trinajstić information content (AvgIpc) is 3.11. The van der Waals surface area contributed by atoms with Crippen molar-refractivity contribution in [1.82, 2.24) is 14.9 Å². The van der Waals surface area contributed by atoms with Gasteiger partial charge in [-0.25, -0.2) is 0 Å². The Bertz CT molecular complexity index is 828. The van der Waals surface area contributed by atoms with E-state index in [4.69, 9.17) is 16.0 Å². The average molecular weight is 412 g/mol. The van der Waals surface area contributed by atoms with E-state index in [-0.39, 0.29) is 0 Å². The molecule has 0 fully saturated rings. The Balaban J connectivity index is 1.73. The molecule has 0 saturated carbocycles. The maximum Gasteiger partial charge on any atom is 0.212 e. The molecule has 0 spiro atoms. The summed E-state index contributed by atoms with van der Waals surface area (Å²) in [6.45, 7) is 1.86. The zero-order valence-corrected chi connectivity index (χ0v) is 15.3. The normalized spacial score (nSPS) is 11.4. The van der Waals surface area contributed by atoms with Crippen LogP contribution in [0.3, 0.4) is 0 Å². The third kappa shape index (κ3) is 4.25. The van der Waals surface area contributed by atoms with Crippen LogP contribution in [0, 0.1) is 6.92 Å². The van der Waals surface area contributed by atoms with Crippen molar-refractivity contribution in [1.29, 1.82) is 0 Å². The lowest BCUT2D eigenvalue weighted by Gasteiger charge is -2.02. The van der Waals surface area contributed by atoms with Crippen LogP contribution in [0.5, 0.6) is 0 Å². The Morgan fingerprint density at radius 1 is 1.26 bits per heavy atom. The number of halogens is 2. The van der Waals surface area contributed by atoms with Crippen molar-refractivity contribution >= 4 is 45.5 Å². The summed E-state index contributed by atoms with van der Waals surface area (Å²) in [5.74, 6) is 2.13. The number of hydrogen-bond acceptors (Lipinski definition) is 5. The van der Waals surface area contributed by atoms with Crippen LogP contribution in [0.2, 0.25) is 5.02 Å². The first kappa shape index (κ1) is 16.3. The molecule has 0 amide bonds. The predicted octanol–water partition coefficient (Wildman–Crippen LogP) is 4.77. The van der Waals surface area contributed by atoms with Gasteiger partial charge in [-0.1, -0.05) is 35.5 Å². The van der Waals surface area contributed by atoms with Gasteiger partial charge in [0.25, 0.3) is 0 Å². The minimum Gasteiger partial charge on any atom is -0.448 e. The number of furan rings is 1. The molecule has 23 heavy (non-hydrogen) atoms. The van der Waals surface area contributed by atoms with Crippen molar-refractivity contribution in [2.45, 2.75) is 17.8 Å². The third-order valence-corrected chi connectivity index (χ3v) is 4.61. The molecule has 0 aliphatic rings. The van der Waals surface area contributed by atoms with E-state index >= 15 is 0 Å². The number of hydrogen-bond donors (Lipinski definition) is 0. The fourth-order valence-electron chi connectivity index (χ4n) is 1.80. The van der Waals surface area contributed by atoms with Gasteiger partial charge in [-0.2, -0.15) is 9.78 Å². The summed E-state index contributed by atoms with van der Waals surface area (Å²) in [6, 6.07) is 11.4. The van der Waals surface area contributed by atoms with Crippen molar-refractivity contribution in [2.24, 2.45) is 5.10 Å². The van der Waals surface area contributed by atoms with Gasteiger partial charge in [0, 0.05) is 10.8 Å². The van der Waals surface area contributed by atoms with Crippen LogP contribution in [0.25, 0.3) is 0 Å². The largest absolute Gasteiger partial charge is 0.448 e. The van der Waals surface area contributed by atoms with Gasteiger partial charge in [0.1, 0.15) is 5.76 Å². The first-order valence-corrected chi connectivity index (χ1v) is 8.86. The number of nitrogens with zero attached hydrogens (tertiary/aromatic N) is 4. The Hall–Kier alpha value is -1.57. The van der Waals surface area contributed by atoms with Crippen LogP contribution < -0.4 is 0 Å². The summed E-state index contributed by atoms with van der Waals surface area (Å²) in [7, 11) is 0. The zero-order chi connectivity index (χ0) is 16.2. The molecule has 118 valence electrons. The second kappa shape index (κ2) is 7.33. The molecule has 5 nitrogen and oxygen atoms in total. The van der Waals surface area contributed by atoms with Crippen molar-refractivity contribution < 1.29 is 4.42 Å². The van der Waals surface area contributed by atoms with E-state index in [1.54, 1.807) is 22.7 Å². The van der Waals surface area contributed by atoms with Gasteiger partial charge in [-0.15, -0.1) is 10.2 Å². The summed E-state index contributed by atoms with van der Waals surface area (Å²) in [5.41, 5.74) is 1.16. The molecule has 2 aromatic heterocycles. The smallest absolute Gasteiger partial charge is 0.212 e. The molecule has 0 unspecified atom stereocenters. The van der Waals surface area contributed by atoms with Crippen LogP contribution >= 0.6 is 39.3 Å². The molecule has 0 bridgehead atoms. The predicted molar refractivity (Wildman–Crippen MR) is 95.2 cm³/mol. The molecule has 0 N–H and O–H groups in total. The Morgan fingerprint density at radius 2 is 2.04 bits per heavy atom. The highest BCUT2D eigenvalue weighted by Gasteiger charge is 2.09. The fourth-order valence-corrected chi connectivity index (χ4v) is 3.14. The lowest BCUT2D eigenvalue weighted by Crippen LogP contribution is -1.96. The van der Waals surface area contributed by atoms with Gasteiger partial charge >= 0.3 is 0 Å². The maximum absolute atomic E-state index is 5.89. The molecule has 8 heteroatoms. The Labute approximate surface area is 150 Å².